The molecule has 1 N–H and O–H groups in total. The van der Waals surface area contributed by atoms with Crippen LogP contribution in [-0.2, 0) is 39.2 Å². The molecule has 0 aromatic heterocycles. The predicted molar refractivity (Wildman–Crippen MR) is 164 cm³/mol. The van der Waals surface area contributed by atoms with Crippen LogP contribution in [0.3, 0.4) is 0 Å². The summed E-state index contributed by atoms with van der Waals surface area (Å²) >= 11 is 0. The number of nitrogens with zero attached hydrogens (tertiary/aromatic N) is 2. The van der Waals surface area contributed by atoms with Crippen molar-refractivity contribution < 1.29 is 27.1 Å². The van der Waals surface area contributed by atoms with Crippen LogP contribution < -0.4 is 14.4 Å². The van der Waals surface area contributed by atoms with Crippen molar-refractivity contribution in [2.75, 3.05) is 24.2 Å². The molecule has 224 valence electrons. The number of ether oxygens (including phenoxy) is 1. The number of benzene rings is 4. The standard InChI is InChI=1S/C33H34FN3O5S/c1-35-33(39)31(21-25-9-5-3-6-10-25)36(22-26-13-15-28(34)16-14-26)32(38)23-37(43(2,40)41)29-17-19-30(20-18-29)42-24-27-11-7-4-8-12-27/h3-20,31H,21-24H2,1-2H3,(H,35,39)/t31-/m0/s1. The number of anilines is 1. The SMILES string of the molecule is CNC(=O)[C@H](Cc1ccccc1)N(Cc1ccc(F)cc1)C(=O)CN(c1ccc(OCc2ccccc2)cc1)S(C)(=O)=O. The van der Waals surface area contributed by atoms with Crippen molar-refractivity contribution in [2.45, 2.75) is 25.6 Å². The third kappa shape index (κ3) is 8.89. The zero-order chi connectivity index (χ0) is 30.8. The van der Waals surface area contributed by atoms with Crippen LogP contribution in [-0.4, -0.2) is 51.0 Å². The zero-order valence-corrected chi connectivity index (χ0v) is 24.8. The molecule has 2 amide bonds. The molecule has 0 saturated carbocycles. The van der Waals surface area contributed by atoms with Gasteiger partial charge in [-0.1, -0.05) is 72.8 Å². The lowest BCUT2D eigenvalue weighted by molar-refractivity contribution is -0.139. The third-order valence-corrected chi connectivity index (χ3v) is 7.98. The molecule has 4 aromatic carbocycles. The summed E-state index contributed by atoms with van der Waals surface area (Å²) in [5.74, 6) is -0.908. The van der Waals surface area contributed by atoms with Crippen molar-refractivity contribution in [1.82, 2.24) is 10.2 Å². The van der Waals surface area contributed by atoms with Gasteiger partial charge in [0.05, 0.1) is 11.9 Å². The molecule has 0 aliphatic rings. The molecule has 4 rings (SSSR count). The van der Waals surface area contributed by atoms with Crippen molar-refractivity contribution in [1.29, 1.82) is 0 Å². The summed E-state index contributed by atoms with van der Waals surface area (Å²) in [5.41, 5.74) is 2.66. The van der Waals surface area contributed by atoms with Gasteiger partial charge >= 0.3 is 0 Å². The number of nitrogens with one attached hydrogen (secondary N) is 1. The molecule has 0 unspecified atom stereocenters. The van der Waals surface area contributed by atoms with Crippen LogP contribution in [0.4, 0.5) is 10.1 Å². The zero-order valence-electron chi connectivity index (χ0n) is 24.0. The van der Waals surface area contributed by atoms with Gasteiger partial charge in [0, 0.05) is 20.0 Å². The Hall–Kier alpha value is -4.70. The van der Waals surface area contributed by atoms with E-state index >= 15 is 0 Å². The number of carbonyl (C=O) groups excluding carboxylic acids is 2. The van der Waals surface area contributed by atoms with Gasteiger partial charge < -0.3 is 15.0 Å². The molecule has 0 aliphatic carbocycles. The molecule has 0 aliphatic heterocycles. The van der Waals surface area contributed by atoms with Crippen LogP contribution in [0.15, 0.2) is 109 Å². The highest BCUT2D eigenvalue weighted by molar-refractivity contribution is 7.92. The number of sulfonamides is 1. The minimum absolute atomic E-state index is 0.0338. The van der Waals surface area contributed by atoms with Crippen LogP contribution >= 0.6 is 0 Å². The van der Waals surface area contributed by atoms with E-state index in [1.807, 2.05) is 60.7 Å². The van der Waals surface area contributed by atoms with E-state index in [0.717, 1.165) is 21.7 Å². The average Bonchev–Trinajstić information content (AvgIpc) is 3.01. The highest BCUT2D eigenvalue weighted by Gasteiger charge is 2.32. The van der Waals surface area contributed by atoms with Gasteiger partial charge in [-0.25, -0.2) is 12.8 Å². The largest absolute Gasteiger partial charge is 0.489 e. The van der Waals surface area contributed by atoms with Gasteiger partial charge in [-0.2, -0.15) is 0 Å². The number of likely N-dealkylation sites (N-methyl/N-ethyl adjacent to an activating group) is 1. The van der Waals surface area contributed by atoms with E-state index in [1.165, 1.54) is 36.2 Å². The van der Waals surface area contributed by atoms with E-state index in [9.17, 15) is 22.4 Å². The Morgan fingerprint density at radius 3 is 1.95 bits per heavy atom. The fourth-order valence-electron chi connectivity index (χ4n) is 4.57. The Balaban J connectivity index is 1.61. The van der Waals surface area contributed by atoms with Gasteiger partial charge in [0.25, 0.3) is 0 Å². The summed E-state index contributed by atoms with van der Waals surface area (Å²) in [5, 5.41) is 2.62. The summed E-state index contributed by atoms with van der Waals surface area (Å²) in [6.07, 6.45) is 1.21. The van der Waals surface area contributed by atoms with E-state index in [1.54, 1.807) is 24.3 Å². The van der Waals surface area contributed by atoms with Crippen LogP contribution in [0.1, 0.15) is 16.7 Å². The van der Waals surface area contributed by atoms with E-state index in [4.69, 9.17) is 4.74 Å². The maximum atomic E-state index is 14.0. The third-order valence-electron chi connectivity index (χ3n) is 6.84. The first-order valence-electron chi connectivity index (χ1n) is 13.7. The van der Waals surface area contributed by atoms with Crippen molar-refractivity contribution in [2.24, 2.45) is 0 Å². The predicted octanol–water partition coefficient (Wildman–Crippen LogP) is 4.56. The maximum Gasteiger partial charge on any atom is 0.244 e. The Labute approximate surface area is 251 Å². The Bertz CT molecular complexity index is 1600. The first-order chi connectivity index (χ1) is 20.6. The number of hydrogen-bond acceptors (Lipinski definition) is 5. The van der Waals surface area contributed by atoms with Gasteiger partial charge in [0.1, 0.15) is 30.8 Å². The van der Waals surface area contributed by atoms with Gasteiger partial charge in [0.2, 0.25) is 21.8 Å². The summed E-state index contributed by atoms with van der Waals surface area (Å²) in [6.45, 7) is -0.241. The summed E-state index contributed by atoms with van der Waals surface area (Å²) in [4.78, 5) is 28.5. The van der Waals surface area contributed by atoms with Crippen LogP contribution in [0, 0.1) is 5.82 Å². The van der Waals surface area contributed by atoms with Crippen molar-refractivity contribution in [3.63, 3.8) is 0 Å². The number of halogens is 1. The smallest absolute Gasteiger partial charge is 0.244 e. The average molecular weight is 604 g/mol. The van der Waals surface area contributed by atoms with E-state index in [2.05, 4.69) is 5.32 Å². The second-order valence-electron chi connectivity index (χ2n) is 10.0. The van der Waals surface area contributed by atoms with Gasteiger partial charge in [-0.3, -0.25) is 13.9 Å². The normalized spacial score (nSPS) is 11.8. The fraction of sp³-hybridized carbons (Fsp3) is 0.212. The topological polar surface area (TPSA) is 96.0 Å². The lowest BCUT2D eigenvalue weighted by Crippen LogP contribution is -2.52. The molecule has 0 bridgehead atoms. The Kier molecular flexibility index (Phi) is 10.5. The Morgan fingerprint density at radius 2 is 1.40 bits per heavy atom. The van der Waals surface area contributed by atoms with Gasteiger partial charge in [-0.15, -0.1) is 0 Å². The highest BCUT2D eigenvalue weighted by atomic mass is 32.2. The minimum Gasteiger partial charge on any atom is -0.489 e. The molecule has 0 radical (unpaired) electrons. The molecule has 0 fully saturated rings. The van der Waals surface area contributed by atoms with Crippen molar-refractivity contribution >= 4 is 27.5 Å². The maximum absolute atomic E-state index is 14.0. The number of hydrogen-bond donors (Lipinski definition) is 1. The first kappa shape index (κ1) is 31.2. The van der Waals surface area contributed by atoms with Crippen molar-refractivity contribution in [3.05, 3.63) is 132 Å². The van der Waals surface area contributed by atoms with E-state index in [0.29, 0.717) is 17.9 Å². The van der Waals surface area contributed by atoms with Crippen LogP contribution in [0.25, 0.3) is 0 Å². The molecule has 10 heteroatoms. The quantitative estimate of drug-likeness (QED) is 0.242. The molecule has 8 nitrogen and oxygen atoms in total. The minimum atomic E-state index is -3.91. The number of amides is 2. The number of rotatable bonds is 13. The van der Waals surface area contributed by atoms with Gasteiger partial charge in [0.15, 0.2) is 0 Å². The van der Waals surface area contributed by atoms with E-state index < -0.39 is 40.2 Å². The molecule has 1 atom stereocenters. The first-order valence-corrected chi connectivity index (χ1v) is 15.5. The lowest BCUT2D eigenvalue weighted by Gasteiger charge is -2.33. The second kappa shape index (κ2) is 14.5. The van der Waals surface area contributed by atoms with Crippen molar-refractivity contribution in [3.8, 4) is 5.75 Å². The highest BCUT2D eigenvalue weighted by Crippen LogP contribution is 2.24. The molecular weight excluding hydrogens is 569 g/mol. The second-order valence-corrected chi connectivity index (χ2v) is 11.9. The van der Waals surface area contributed by atoms with Crippen LogP contribution in [0.5, 0.6) is 5.75 Å². The molecule has 4 aromatic rings. The van der Waals surface area contributed by atoms with Gasteiger partial charge in [-0.05, 0) is 53.1 Å². The molecule has 0 saturated heterocycles. The summed E-state index contributed by atoms with van der Waals surface area (Å²) < 4.78 is 46.3. The Morgan fingerprint density at radius 1 is 0.814 bits per heavy atom. The fourth-order valence-corrected chi connectivity index (χ4v) is 5.42. The van der Waals surface area contributed by atoms with E-state index in [-0.39, 0.29) is 18.7 Å². The lowest BCUT2D eigenvalue weighted by atomic mass is 10.0. The number of carbonyl (C=O) groups is 2. The summed E-state index contributed by atoms with van der Waals surface area (Å²) in [7, 11) is -2.43. The molecule has 0 spiro atoms. The monoisotopic (exact) mass is 603 g/mol. The summed E-state index contributed by atoms with van der Waals surface area (Å²) in [6, 6.07) is 29.9. The van der Waals surface area contributed by atoms with Crippen LogP contribution in [0.2, 0.25) is 0 Å². The molecule has 43 heavy (non-hydrogen) atoms. The molecular formula is C33H34FN3O5S. The molecule has 0 heterocycles.